The molecule has 2 rings (SSSR count). The number of nitrogens with one attached hydrogen (secondary N) is 1. The van der Waals surface area contributed by atoms with Crippen molar-refractivity contribution in [1.29, 1.82) is 0 Å². The van der Waals surface area contributed by atoms with Crippen molar-refractivity contribution in [2.75, 3.05) is 13.7 Å². The Morgan fingerprint density at radius 2 is 1.88 bits per heavy atom. The standard InChI is InChI=1S/C20H29NO2S/c1-3-4-5-6-7-13-23-20-17(10-8-12-19(20)22-2)15-21-16-18-11-9-14-24-18/h8-12,14,21H,3-7,13,15-16H2,1-2H3. The average Bonchev–Trinajstić information content (AvgIpc) is 3.12. The van der Waals surface area contributed by atoms with Gasteiger partial charge in [0.2, 0.25) is 0 Å². The van der Waals surface area contributed by atoms with Gasteiger partial charge in [0.1, 0.15) is 0 Å². The predicted octanol–water partition coefficient (Wildman–Crippen LogP) is 5.40. The minimum atomic E-state index is 0.752. The third-order valence-corrected chi connectivity index (χ3v) is 4.85. The first-order valence-electron chi connectivity index (χ1n) is 8.87. The first-order valence-corrected chi connectivity index (χ1v) is 9.75. The number of rotatable bonds is 12. The molecular formula is C20H29NO2S. The van der Waals surface area contributed by atoms with Crippen LogP contribution in [0.3, 0.4) is 0 Å². The van der Waals surface area contributed by atoms with E-state index < -0.39 is 0 Å². The Morgan fingerprint density at radius 1 is 1.00 bits per heavy atom. The van der Waals surface area contributed by atoms with Crippen LogP contribution in [0.4, 0.5) is 0 Å². The molecule has 0 saturated carbocycles. The molecule has 4 heteroatoms. The van der Waals surface area contributed by atoms with E-state index in [9.17, 15) is 0 Å². The molecule has 0 bridgehead atoms. The number of hydrogen-bond acceptors (Lipinski definition) is 4. The molecule has 1 aromatic heterocycles. The molecule has 0 aliphatic heterocycles. The van der Waals surface area contributed by atoms with E-state index in [1.165, 1.54) is 30.6 Å². The Balaban J connectivity index is 1.86. The summed E-state index contributed by atoms with van der Waals surface area (Å²) in [7, 11) is 1.70. The summed E-state index contributed by atoms with van der Waals surface area (Å²) in [6, 6.07) is 10.3. The topological polar surface area (TPSA) is 30.5 Å². The molecule has 1 heterocycles. The normalized spacial score (nSPS) is 10.8. The van der Waals surface area contributed by atoms with Crippen molar-refractivity contribution in [2.24, 2.45) is 0 Å². The first kappa shape index (κ1) is 18.8. The van der Waals surface area contributed by atoms with E-state index in [0.29, 0.717) is 0 Å². The Hall–Kier alpha value is -1.52. The van der Waals surface area contributed by atoms with Crippen molar-refractivity contribution in [1.82, 2.24) is 5.32 Å². The van der Waals surface area contributed by atoms with Crippen molar-refractivity contribution in [3.05, 3.63) is 46.2 Å². The third-order valence-electron chi connectivity index (χ3n) is 3.97. The predicted molar refractivity (Wildman–Crippen MR) is 102 cm³/mol. The van der Waals surface area contributed by atoms with Gasteiger partial charge in [-0.3, -0.25) is 0 Å². The van der Waals surface area contributed by atoms with Crippen molar-refractivity contribution in [2.45, 2.75) is 52.1 Å². The second-order valence-electron chi connectivity index (χ2n) is 5.89. The van der Waals surface area contributed by atoms with Gasteiger partial charge in [0, 0.05) is 23.5 Å². The molecule has 0 unspecified atom stereocenters. The molecule has 0 aliphatic rings. The summed E-state index contributed by atoms with van der Waals surface area (Å²) in [4.78, 5) is 1.34. The molecule has 0 fully saturated rings. The monoisotopic (exact) mass is 347 g/mol. The number of methoxy groups -OCH3 is 1. The number of benzene rings is 1. The largest absolute Gasteiger partial charge is 0.493 e. The maximum atomic E-state index is 6.06. The number of unbranched alkanes of at least 4 members (excludes halogenated alkanes) is 4. The van der Waals surface area contributed by atoms with E-state index in [0.717, 1.165) is 43.2 Å². The quantitative estimate of drug-likeness (QED) is 0.522. The minimum absolute atomic E-state index is 0.752. The Labute approximate surface area is 150 Å². The molecule has 2 aromatic rings. The molecule has 1 aromatic carbocycles. The van der Waals surface area contributed by atoms with Crippen molar-refractivity contribution >= 4 is 11.3 Å². The fourth-order valence-corrected chi connectivity index (χ4v) is 3.31. The van der Waals surface area contributed by atoms with E-state index >= 15 is 0 Å². The number of ether oxygens (including phenoxy) is 2. The SMILES string of the molecule is CCCCCCCOc1c(CNCc2cccs2)cccc1OC. The maximum absolute atomic E-state index is 6.06. The van der Waals surface area contributed by atoms with Gasteiger partial charge in [-0.25, -0.2) is 0 Å². The highest BCUT2D eigenvalue weighted by atomic mass is 32.1. The van der Waals surface area contributed by atoms with Crippen molar-refractivity contribution in [3.63, 3.8) is 0 Å². The average molecular weight is 348 g/mol. The fourth-order valence-electron chi connectivity index (χ4n) is 2.64. The van der Waals surface area contributed by atoms with Crippen LogP contribution in [0.25, 0.3) is 0 Å². The van der Waals surface area contributed by atoms with Crippen molar-refractivity contribution in [3.8, 4) is 11.5 Å². The molecule has 24 heavy (non-hydrogen) atoms. The van der Waals surface area contributed by atoms with Gasteiger partial charge in [-0.05, 0) is 23.9 Å². The zero-order valence-electron chi connectivity index (χ0n) is 14.8. The molecule has 0 amide bonds. The lowest BCUT2D eigenvalue weighted by atomic mass is 10.1. The van der Waals surface area contributed by atoms with Crippen LogP contribution in [0.2, 0.25) is 0 Å². The molecule has 0 saturated heterocycles. The summed E-state index contributed by atoms with van der Waals surface area (Å²) in [5.74, 6) is 1.70. The summed E-state index contributed by atoms with van der Waals surface area (Å²) in [5, 5.41) is 5.60. The second kappa shape index (κ2) is 11.1. The van der Waals surface area contributed by atoms with E-state index in [2.05, 4.69) is 35.8 Å². The van der Waals surface area contributed by atoms with E-state index in [-0.39, 0.29) is 0 Å². The lowest BCUT2D eigenvalue weighted by Crippen LogP contribution is -2.13. The van der Waals surface area contributed by atoms with Gasteiger partial charge in [-0.2, -0.15) is 0 Å². The Kier molecular flexibility index (Phi) is 8.71. The van der Waals surface area contributed by atoms with Crippen LogP contribution in [-0.2, 0) is 13.1 Å². The van der Waals surface area contributed by atoms with Gasteiger partial charge in [0.05, 0.1) is 13.7 Å². The highest BCUT2D eigenvalue weighted by molar-refractivity contribution is 7.09. The summed E-state index contributed by atoms with van der Waals surface area (Å²) < 4.78 is 11.5. The Morgan fingerprint density at radius 3 is 2.62 bits per heavy atom. The lowest BCUT2D eigenvalue weighted by Gasteiger charge is -2.15. The fraction of sp³-hybridized carbons (Fsp3) is 0.500. The molecule has 0 aliphatic carbocycles. The number of hydrogen-bond donors (Lipinski definition) is 1. The number of thiophene rings is 1. The van der Waals surface area contributed by atoms with Gasteiger partial charge in [0.15, 0.2) is 11.5 Å². The minimum Gasteiger partial charge on any atom is -0.493 e. The van der Waals surface area contributed by atoms with Crippen molar-refractivity contribution < 1.29 is 9.47 Å². The van der Waals surface area contributed by atoms with E-state index in [1.807, 2.05) is 12.1 Å². The van der Waals surface area contributed by atoms with Gasteiger partial charge in [0.25, 0.3) is 0 Å². The van der Waals surface area contributed by atoms with Gasteiger partial charge < -0.3 is 14.8 Å². The molecule has 0 radical (unpaired) electrons. The molecule has 1 N–H and O–H groups in total. The maximum Gasteiger partial charge on any atom is 0.165 e. The smallest absolute Gasteiger partial charge is 0.165 e. The molecule has 0 atom stereocenters. The summed E-state index contributed by atoms with van der Waals surface area (Å²) >= 11 is 1.77. The van der Waals surface area contributed by atoms with Crippen LogP contribution in [0.5, 0.6) is 11.5 Å². The number of para-hydroxylation sites is 1. The summed E-state index contributed by atoms with van der Waals surface area (Å²) in [5.41, 5.74) is 1.15. The van der Waals surface area contributed by atoms with Crippen LogP contribution in [0, 0.1) is 0 Å². The zero-order valence-corrected chi connectivity index (χ0v) is 15.7. The molecule has 3 nitrogen and oxygen atoms in total. The first-order chi connectivity index (χ1) is 11.8. The second-order valence-corrected chi connectivity index (χ2v) is 6.93. The van der Waals surface area contributed by atoms with Gasteiger partial charge >= 0.3 is 0 Å². The van der Waals surface area contributed by atoms with E-state index in [4.69, 9.17) is 9.47 Å². The van der Waals surface area contributed by atoms with Crippen LogP contribution < -0.4 is 14.8 Å². The van der Waals surface area contributed by atoms with E-state index in [1.54, 1.807) is 18.4 Å². The van der Waals surface area contributed by atoms with Gasteiger partial charge in [-0.1, -0.05) is 50.8 Å². The lowest BCUT2D eigenvalue weighted by molar-refractivity contribution is 0.281. The summed E-state index contributed by atoms with van der Waals surface area (Å²) in [6.45, 7) is 4.65. The van der Waals surface area contributed by atoms with Crippen LogP contribution in [0.1, 0.15) is 49.5 Å². The molecular weight excluding hydrogens is 318 g/mol. The van der Waals surface area contributed by atoms with Crippen LogP contribution >= 0.6 is 11.3 Å². The molecule has 132 valence electrons. The highest BCUT2D eigenvalue weighted by Crippen LogP contribution is 2.31. The molecule has 0 spiro atoms. The van der Waals surface area contributed by atoms with Crippen LogP contribution in [0.15, 0.2) is 35.7 Å². The van der Waals surface area contributed by atoms with Gasteiger partial charge in [-0.15, -0.1) is 11.3 Å². The summed E-state index contributed by atoms with van der Waals surface area (Å²) in [6.07, 6.45) is 6.20. The third kappa shape index (κ3) is 6.17. The van der Waals surface area contributed by atoms with Crippen LogP contribution in [-0.4, -0.2) is 13.7 Å². The highest BCUT2D eigenvalue weighted by Gasteiger charge is 2.10. The Bertz CT molecular complexity index is 569. The zero-order chi connectivity index (χ0) is 17.0.